The van der Waals surface area contributed by atoms with Crippen LogP contribution in [-0.2, 0) is 16.8 Å². The fourth-order valence-corrected chi connectivity index (χ4v) is 3.64. The molecule has 6 heteroatoms. The molecule has 1 aliphatic rings. The van der Waals surface area contributed by atoms with Crippen molar-refractivity contribution in [1.29, 1.82) is 0 Å². The van der Waals surface area contributed by atoms with Gasteiger partial charge in [0.2, 0.25) is 5.91 Å². The molecule has 132 valence electrons. The smallest absolute Gasteiger partial charge is 0.328 e. The third-order valence-electron chi connectivity index (χ3n) is 5.03. The number of aromatic amines is 1. The molecule has 0 bridgehead atoms. The monoisotopic (exact) mass is 341 g/mol. The number of benzene rings is 1. The first kappa shape index (κ1) is 17.2. The third-order valence-corrected chi connectivity index (χ3v) is 5.03. The van der Waals surface area contributed by atoms with Gasteiger partial charge in [-0.1, -0.05) is 42.7 Å². The van der Waals surface area contributed by atoms with Crippen molar-refractivity contribution in [2.45, 2.75) is 44.6 Å². The van der Waals surface area contributed by atoms with Gasteiger partial charge >= 0.3 is 5.69 Å². The van der Waals surface area contributed by atoms with Crippen molar-refractivity contribution in [3.63, 3.8) is 0 Å². The maximum Gasteiger partial charge on any atom is 0.328 e. The summed E-state index contributed by atoms with van der Waals surface area (Å²) in [6.45, 7) is 2.54. The van der Waals surface area contributed by atoms with Crippen molar-refractivity contribution in [3.05, 3.63) is 68.5 Å². The first-order valence-corrected chi connectivity index (χ1v) is 8.62. The maximum atomic E-state index is 12.3. The molecule has 0 aliphatic heterocycles. The summed E-state index contributed by atoms with van der Waals surface area (Å²) >= 11 is 0. The van der Waals surface area contributed by atoms with Crippen LogP contribution in [0.15, 0.2) is 46.1 Å². The summed E-state index contributed by atoms with van der Waals surface area (Å²) in [6, 6.07) is 9.71. The Morgan fingerprint density at radius 3 is 2.68 bits per heavy atom. The quantitative estimate of drug-likeness (QED) is 0.864. The number of nitrogens with one attached hydrogen (secondary N) is 2. The van der Waals surface area contributed by atoms with Gasteiger partial charge in [-0.15, -0.1) is 0 Å². The van der Waals surface area contributed by atoms with E-state index in [4.69, 9.17) is 0 Å². The van der Waals surface area contributed by atoms with Crippen molar-refractivity contribution in [1.82, 2.24) is 14.9 Å². The number of carbonyl (C=O) groups excluding carboxylic acids is 1. The molecule has 0 unspecified atom stereocenters. The second-order valence-electron chi connectivity index (χ2n) is 6.87. The summed E-state index contributed by atoms with van der Waals surface area (Å²) in [7, 11) is 0. The molecule has 3 rings (SSSR count). The number of H-pyrrole nitrogens is 1. The Morgan fingerprint density at radius 1 is 1.24 bits per heavy atom. The fraction of sp³-hybridized carbons (Fsp3) is 0.421. The first-order chi connectivity index (χ1) is 12.0. The van der Waals surface area contributed by atoms with E-state index < -0.39 is 11.2 Å². The van der Waals surface area contributed by atoms with Crippen LogP contribution in [0.2, 0.25) is 0 Å². The fourth-order valence-electron chi connectivity index (χ4n) is 3.64. The second kappa shape index (κ2) is 7.09. The van der Waals surface area contributed by atoms with Crippen LogP contribution in [-0.4, -0.2) is 22.0 Å². The minimum absolute atomic E-state index is 0.0301. The van der Waals surface area contributed by atoms with Crippen LogP contribution in [0.1, 0.15) is 36.8 Å². The first-order valence-electron chi connectivity index (χ1n) is 8.62. The predicted octanol–water partition coefficient (Wildman–Crippen LogP) is 1.47. The summed E-state index contributed by atoms with van der Waals surface area (Å²) in [5.74, 6) is -0.229. The molecule has 1 saturated carbocycles. The van der Waals surface area contributed by atoms with Gasteiger partial charge in [-0.05, 0) is 25.3 Å². The molecule has 25 heavy (non-hydrogen) atoms. The van der Waals surface area contributed by atoms with E-state index in [1.807, 2.05) is 0 Å². The zero-order valence-electron chi connectivity index (χ0n) is 14.4. The number of nitrogens with zero attached hydrogens (tertiary/aromatic N) is 1. The van der Waals surface area contributed by atoms with E-state index in [0.717, 1.165) is 25.7 Å². The predicted molar refractivity (Wildman–Crippen MR) is 95.7 cm³/mol. The molecule has 6 nitrogen and oxygen atoms in total. The van der Waals surface area contributed by atoms with Crippen molar-refractivity contribution < 1.29 is 4.79 Å². The Balaban J connectivity index is 1.70. The van der Waals surface area contributed by atoms with Gasteiger partial charge in [0, 0.05) is 24.2 Å². The Morgan fingerprint density at radius 2 is 2.00 bits per heavy atom. The van der Waals surface area contributed by atoms with Crippen LogP contribution in [0, 0.1) is 6.92 Å². The summed E-state index contributed by atoms with van der Waals surface area (Å²) in [5, 5.41) is 2.98. The summed E-state index contributed by atoms with van der Waals surface area (Å²) in [4.78, 5) is 37.2. The van der Waals surface area contributed by atoms with Gasteiger partial charge in [-0.25, -0.2) is 4.79 Å². The molecule has 0 spiro atoms. The van der Waals surface area contributed by atoms with Gasteiger partial charge < -0.3 is 5.32 Å². The molecular weight excluding hydrogens is 318 g/mol. The maximum absolute atomic E-state index is 12.3. The van der Waals surface area contributed by atoms with Crippen molar-refractivity contribution in [2.24, 2.45) is 0 Å². The van der Waals surface area contributed by atoms with E-state index >= 15 is 0 Å². The zero-order chi connectivity index (χ0) is 17.9. The van der Waals surface area contributed by atoms with Crippen LogP contribution in [0.4, 0.5) is 0 Å². The average Bonchev–Trinajstić information content (AvgIpc) is 3.06. The molecule has 1 amide bonds. The van der Waals surface area contributed by atoms with Gasteiger partial charge in [0.05, 0.1) is 0 Å². The SMILES string of the molecule is Cc1cccc(C2(CNC(=O)Cn3ccc(=O)[nH]c3=O)CCCC2)c1. The van der Waals surface area contributed by atoms with E-state index in [1.54, 1.807) is 0 Å². The Bertz CT molecular complexity index is 876. The molecule has 1 heterocycles. The second-order valence-corrected chi connectivity index (χ2v) is 6.87. The highest BCUT2D eigenvalue weighted by atomic mass is 16.2. The van der Waals surface area contributed by atoms with E-state index in [1.165, 1.54) is 28.0 Å². The largest absolute Gasteiger partial charge is 0.354 e. The van der Waals surface area contributed by atoms with E-state index in [9.17, 15) is 14.4 Å². The molecule has 2 N–H and O–H groups in total. The number of hydrogen-bond donors (Lipinski definition) is 2. The van der Waals surface area contributed by atoms with Gasteiger partial charge in [0.15, 0.2) is 0 Å². The van der Waals surface area contributed by atoms with Crippen LogP contribution in [0.5, 0.6) is 0 Å². The van der Waals surface area contributed by atoms with Crippen LogP contribution >= 0.6 is 0 Å². The Kier molecular flexibility index (Phi) is 4.88. The summed E-state index contributed by atoms with van der Waals surface area (Å²) in [5.41, 5.74) is 1.42. The summed E-state index contributed by atoms with van der Waals surface area (Å²) < 4.78 is 1.20. The number of aryl methyl sites for hydroxylation is 1. The number of carbonyl (C=O) groups is 1. The number of amides is 1. The molecule has 1 aliphatic carbocycles. The van der Waals surface area contributed by atoms with Gasteiger partial charge in [-0.2, -0.15) is 0 Å². The molecule has 0 radical (unpaired) electrons. The van der Waals surface area contributed by atoms with Crippen LogP contribution in [0.25, 0.3) is 0 Å². The van der Waals surface area contributed by atoms with E-state index in [-0.39, 0.29) is 17.9 Å². The third kappa shape index (κ3) is 3.90. The Labute approximate surface area is 145 Å². The molecule has 1 aromatic heterocycles. The molecule has 1 aromatic carbocycles. The average molecular weight is 341 g/mol. The van der Waals surface area contributed by atoms with Crippen molar-refractivity contribution >= 4 is 5.91 Å². The lowest BCUT2D eigenvalue weighted by Gasteiger charge is -2.30. The molecule has 0 atom stereocenters. The number of hydrogen-bond acceptors (Lipinski definition) is 3. The van der Waals surface area contributed by atoms with Crippen LogP contribution in [0.3, 0.4) is 0 Å². The highest BCUT2D eigenvalue weighted by molar-refractivity contribution is 5.75. The Hall–Kier alpha value is -2.63. The van der Waals surface area contributed by atoms with E-state index in [0.29, 0.717) is 6.54 Å². The highest BCUT2D eigenvalue weighted by Crippen LogP contribution is 2.40. The lowest BCUT2D eigenvalue weighted by atomic mass is 9.78. The van der Waals surface area contributed by atoms with Gasteiger partial charge in [-0.3, -0.25) is 19.1 Å². The lowest BCUT2D eigenvalue weighted by Crippen LogP contribution is -2.42. The van der Waals surface area contributed by atoms with Crippen LogP contribution < -0.4 is 16.6 Å². The zero-order valence-corrected chi connectivity index (χ0v) is 14.4. The molecule has 1 fully saturated rings. The minimum Gasteiger partial charge on any atom is -0.354 e. The molecule has 0 saturated heterocycles. The number of rotatable bonds is 5. The highest BCUT2D eigenvalue weighted by Gasteiger charge is 2.35. The normalized spacial score (nSPS) is 15.9. The summed E-state index contributed by atoms with van der Waals surface area (Å²) in [6.07, 6.45) is 5.75. The van der Waals surface area contributed by atoms with E-state index in [2.05, 4.69) is 41.5 Å². The molecule has 2 aromatic rings. The minimum atomic E-state index is -0.572. The topological polar surface area (TPSA) is 84.0 Å². The number of aromatic nitrogens is 2. The standard InChI is InChI=1S/C19H23N3O3/c1-14-5-4-6-15(11-14)19(8-2-3-9-19)13-20-17(24)12-22-10-7-16(23)21-18(22)25/h4-7,10-11H,2-3,8-9,12-13H2,1H3,(H,20,24)(H,21,23,25). The van der Waals surface area contributed by atoms with Crippen molar-refractivity contribution in [3.8, 4) is 0 Å². The lowest BCUT2D eigenvalue weighted by molar-refractivity contribution is -0.122. The molecular formula is C19H23N3O3. The van der Waals surface area contributed by atoms with Gasteiger partial charge in [0.1, 0.15) is 6.54 Å². The van der Waals surface area contributed by atoms with Gasteiger partial charge in [0.25, 0.3) is 5.56 Å². The van der Waals surface area contributed by atoms with Crippen molar-refractivity contribution in [2.75, 3.05) is 6.54 Å².